The van der Waals surface area contributed by atoms with Gasteiger partial charge in [-0.15, -0.1) is 0 Å². The number of halogens is 3. The molecule has 0 bridgehead atoms. The molecule has 0 aliphatic carbocycles. The lowest BCUT2D eigenvalue weighted by Crippen LogP contribution is -2.18. The van der Waals surface area contributed by atoms with E-state index in [9.17, 15) is 18.0 Å². The Kier molecular flexibility index (Phi) is 6.74. The summed E-state index contributed by atoms with van der Waals surface area (Å²) in [5, 5.41) is 3.86. The smallest absolute Gasteiger partial charge is 0.411 e. The Bertz CT molecular complexity index is 742. The first kappa shape index (κ1) is 19.5. The Morgan fingerprint density at radius 1 is 1.12 bits per heavy atom. The highest BCUT2D eigenvalue weighted by Gasteiger charge is 2.27. The molecule has 0 aromatic heterocycles. The van der Waals surface area contributed by atoms with Crippen LogP contribution in [-0.2, 0) is 11.3 Å². The molecule has 5 nitrogen and oxygen atoms in total. The molecule has 2 aromatic rings. The monoisotopic (exact) mass is 366 g/mol. The Balaban J connectivity index is 1.84. The topological polar surface area (TPSA) is 59.9 Å². The molecule has 0 aliphatic heterocycles. The van der Waals surface area contributed by atoms with Crippen LogP contribution in [0.25, 0.3) is 0 Å². The van der Waals surface area contributed by atoms with E-state index in [-0.39, 0.29) is 6.61 Å². The summed E-state index contributed by atoms with van der Waals surface area (Å²) >= 11 is 0. The molecule has 0 atom stereocenters. The molecule has 2 aromatic carbocycles. The summed E-state index contributed by atoms with van der Waals surface area (Å²) in [4.78, 5) is 12.0. The van der Waals surface area contributed by atoms with Crippen LogP contribution in [0.15, 0.2) is 53.6 Å². The Morgan fingerprint density at radius 3 is 2.35 bits per heavy atom. The number of hydrazone groups is 1. The van der Waals surface area contributed by atoms with Crippen molar-refractivity contribution in [1.82, 2.24) is 5.43 Å². The fourth-order valence-corrected chi connectivity index (χ4v) is 1.96. The summed E-state index contributed by atoms with van der Waals surface area (Å²) in [7, 11) is 1.57. The van der Waals surface area contributed by atoms with Gasteiger partial charge in [0.25, 0.3) is 5.91 Å². The Labute approximate surface area is 148 Å². The van der Waals surface area contributed by atoms with Gasteiger partial charge in [0.05, 0.1) is 19.9 Å². The molecule has 1 N–H and O–H groups in total. The van der Waals surface area contributed by atoms with Gasteiger partial charge in [0.1, 0.15) is 12.4 Å². The van der Waals surface area contributed by atoms with Gasteiger partial charge in [-0.25, -0.2) is 5.43 Å². The number of methoxy groups -OCH3 is 1. The number of ether oxygens (including phenoxy) is 2. The van der Waals surface area contributed by atoms with Crippen molar-refractivity contribution < 1.29 is 27.4 Å². The van der Waals surface area contributed by atoms with Gasteiger partial charge in [-0.1, -0.05) is 12.1 Å². The third kappa shape index (κ3) is 6.56. The second-order valence-electron chi connectivity index (χ2n) is 5.28. The molecule has 0 saturated carbocycles. The SMILES string of the molecule is COc1ccc(C=NNC(=O)c2ccc(COCC(F)(F)F)cc2)cc1. The van der Waals surface area contributed by atoms with E-state index in [2.05, 4.69) is 15.3 Å². The Morgan fingerprint density at radius 2 is 1.77 bits per heavy atom. The molecule has 8 heteroatoms. The molecule has 0 radical (unpaired) electrons. The van der Waals surface area contributed by atoms with E-state index in [1.54, 1.807) is 31.4 Å². The van der Waals surface area contributed by atoms with E-state index in [1.165, 1.54) is 30.5 Å². The van der Waals surface area contributed by atoms with Crippen molar-refractivity contribution in [3.63, 3.8) is 0 Å². The first-order valence-electron chi connectivity index (χ1n) is 7.58. The summed E-state index contributed by atoms with van der Waals surface area (Å²) in [6, 6.07) is 13.1. The summed E-state index contributed by atoms with van der Waals surface area (Å²) in [5.41, 5.74) is 4.02. The van der Waals surface area contributed by atoms with Gasteiger partial charge >= 0.3 is 6.18 Å². The minimum atomic E-state index is -4.36. The van der Waals surface area contributed by atoms with Gasteiger partial charge in [0.2, 0.25) is 0 Å². The highest BCUT2D eigenvalue weighted by molar-refractivity contribution is 5.94. The maximum absolute atomic E-state index is 12.0. The van der Waals surface area contributed by atoms with Gasteiger partial charge < -0.3 is 9.47 Å². The van der Waals surface area contributed by atoms with E-state index in [0.29, 0.717) is 16.9 Å². The molecular weight excluding hydrogens is 349 g/mol. The van der Waals surface area contributed by atoms with Gasteiger partial charge in [0.15, 0.2) is 0 Å². The fourth-order valence-electron chi connectivity index (χ4n) is 1.96. The van der Waals surface area contributed by atoms with Crippen molar-refractivity contribution in [3.8, 4) is 5.75 Å². The van der Waals surface area contributed by atoms with Crippen LogP contribution in [0.1, 0.15) is 21.5 Å². The molecule has 0 spiro atoms. The van der Waals surface area contributed by atoms with E-state index in [1.807, 2.05) is 0 Å². The van der Waals surface area contributed by atoms with Crippen LogP contribution >= 0.6 is 0 Å². The third-order valence-corrected chi connectivity index (χ3v) is 3.25. The van der Waals surface area contributed by atoms with Crippen LogP contribution in [-0.4, -0.2) is 32.0 Å². The lowest BCUT2D eigenvalue weighted by atomic mass is 10.1. The zero-order valence-corrected chi connectivity index (χ0v) is 13.9. The molecule has 0 heterocycles. The van der Waals surface area contributed by atoms with E-state index < -0.39 is 18.7 Å². The molecule has 26 heavy (non-hydrogen) atoms. The number of rotatable bonds is 7. The largest absolute Gasteiger partial charge is 0.497 e. The second kappa shape index (κ2) is 9.00. The predicted molar refractivity (Wildman–Crippen MR) is 90.2 cm³/mol. The highest BCUT2D eigenvalue weighted by atomic mass is 19.4. The molecular formula is C18H17F3N2O3. The number of carbonyl (C=O) groups is 1. The first-order chi connectivity index (χ1) is 12.4. The molecule has 0 aliphatic rings. The van der Waals surface area contributed by atoms with Crippen LogP contribution in [0.4, 0.5) is 13.2 Å². The van der Waals surface area contributed by atoms with E-state index in [0.717, 1.165) is 5.56 Å². The van der Waals surface area contributed by atoms with Crippen LogP contribution < -0.4 is 10.2 Å². The molecule has 0 fully saturated rings. The number of hydrogen-bond donors (Lipinski definition) is 1. The second-order valence-corrected chi connectivity index (χ2v) is 5.28. The predicted octanol–water partition coefficient (Wildman–Crippen LogP) is 3.54. The fraction of sp³-hybridized carbons (Fsp3) is 0.222. The molecule has 2 rings (SSSR count). The van der Waals surface area contributed by atoms with Crippen molar-refractivity contribution in [2.75, 3.05) is 13.7 Å². The molecule has 0 unspecified atom stereocenters. The quantitative estimate of drug-likeness (QED) is 0.602. The number of nitrogens with zero attached hydrogens (tertiary/aromatic N) is 1. The summed E-state index contributed by atoms with van der Waals surface area (Å²) < 4.78 is 45.6. The minimum Gasteiger partial charge on any atom is -0.497 e. The third-order valence-electron chi connectivity index (χ3n) is 3.25. The lowest BCUT2D eigenvalue weighted by molar-refractivity contribution is -0.176. The lowest BCUT2D eigenvalue weighted by Gasteiger charge is -2.08. The van der Waals surface area contributed by atoms with Crippen LogP contribution in [0.2, 0.25) is 0 Å². The Hall–Kier alpha value is -2.87. The van der Waals surface area contributed by atoms with Gasteiger partial charge in [-0.05, 0) is 47.5 Å². The standard InChI is InChI=1S/C18H17F3N2O3/c1-25-16-8-4-13(5-9-16)10-22-23-17(24)15-6-2-14(3-7-15)11-26-12-18(19,20)21/h2-10H,11-12H2,1H3,(H,23,24). The van der Waals surface area contributed by atoms with Crippen molar-refractivity contribution in [2.45, 2.75) is 12.8 Å². The number of alkyl halides is 3. The highest BCUT2D eigenvalue weighted by Crippen LogP contribution is 2.16. The van der Waals surface area contributed by atoms with Crippen molar-refractivity contribution >= 4 is 12.1 Å². The number of nitrogens with one attached hydrogen (secondary N) is 1. The molecule has 0 saturated heterocycles. The van der Waals surface area contributed by atoms with Crippen LogP contribution in [0.3, 0.4) is 0 Å². The maximum Gasteiger partial charge on any atom is 0.411 e. The molecule has 1 amide bonds. The number of amides is 1. The van der Waals surface area contributed by atoms with Gasteiger partial charge in [-0.3, -0.25) is 4.79 Å². The van der Waals surface area contributed by atoms with Crippen molar-refractivity contribution in [1.29, 1.82) is 0 Å². The van der Waals surface area contributed by atoms with Crippen LogP contribution in [0, 0.1) is 0 Å². The van der Waals surface area contributed by atoms with Crippen molar-refractivity contribution in [2.24, 2.45) is 5.10 Å². The average Bonchev–Trinajstić information content (AvgIpc) is 2.62. The van der Waals surface area contributed by atoms with Gasteiger partial charge in [-0.2, -0.15) is 18.3 Å². The number of carbonyl (C=O) groups excluding carboxylic acids is 1. The van der Waals surface area contributed by atoms with E-state index >= 15 is 0 Å². The van der Waals surface area contributed by atoms with Gasteiger partial charge in [0, 0.05) is 5.56 Å². The minimum absolute atomic E-state index is 0.184. The summed E-state index contributed by atoms with van der Waals surface area (Å²) in [6.07, 6.45) is -2.88. The maximum atomic E-state index is 12.0. The number of hydrogen-bond acceptors (Lipinski definition) is 4. The summed E-state index contributed by atoms with van der Waals surface area (Å²) in [6.45, 7) is -1.49. The van der Waals surface area contributed by atoms with E-state index in [4.69, 9.17) is 4.74 Å². The summed E-state index contributed by atoms with van der Waals surface area (Å²) in [5.74, 6) is 0.281. The van der Waals surface area contributed by atoms with Crippen LogP contribution in [0.5, 0.6) is 5.75 Å². The van der Waals surface area contributed by atoms with Crippen molar-refractivity contribution in [3.05, 3.63) is 65.2 Å². The first-order valence-corrected chi connectivity index (χ1v) is 7.58. The molecule has 138 valence electrons. The zero-order chi connectivity index (χ0) is 19.0. The average molecular weight is 366 g/mol. The zero-order valence-electron chi connectivity index (χ0n) is 13.9. The normalized spacial score (nSPS) is 11.5. The number of benzene rings is 2.